The first-order valence-corrected chi connectivity index (χ1v) is 5.41. The molecule has 1 aliphatic heterocycles. The van der Waals surface area contributed by atoms with Gasteiger partial charge >= 0.3 is 5.97 Å². The molecule has 1 N–H and O–H groups in total. The molecule has 3 nitrogen and oxygen atoms in total. The van der Waals surface area contributed by atoms with Crippen LogP contribution in [-0.4, -0.2) is 35.6 Å². The molecule has 0 aliphatic carbocycles. The summed E-state index contributed by atoms with van der Waals surface area (Å²) >= 11 is 0. The number of allylic oxidation sites excluding steroid dienone is 1. The molecule has 0 atom stereocenters. The van der Waals surface area contributed by atoms with Crippen LogP contribution in [0.4, 0.5) is 0 Å². The summed E-state index contributed by atoms with van der Waals surface area (Å²) in [6.07, 6.45) is 8.94. The van der Waals surface area contributed by atoms with E-state index in [1.165, 1.54) is 38.4 Å². The standard InChI is InChI=1S/C11H19NO2/c13-11(14)7-3-1-4-8-12-9-5-2-6-10-12/h3,7H,1-2,4-6,8-10H2,(H,13,14)/b7-3+. The third-order valence-electron chi connectivity index (χ3n) is 2.55. The number of aliphatic carboxylic acids is 1. The molecule has 0 saturated carbocycles. The molecule has 1 heterocycles. The number of piperidine rings is 1. The average Bonchev–Trinajstić information content (AvgIpc) is 2.18. The number of carboxylic acid groups (broad SMARTS) is 1. The predicted octanol–water partition coefficient (Wildman–Crippen LogP) is 1.89. The van der Waals surface area contributed by atoms with Gasteiger partial charge in [0.1, 0.15) is 0 Å². The van der Waals surface area contributed by atoms with Gasteiger partial charge in [-0.1, -0.05) is 12.5 Å². The second kappa shape index (κ2) is 6.60. The number of unbranched alkanes of at least 4 members (excludes halogenated alkanes) is 1. The molecular formula is C11H19NO2. The number of carbonyl (C=O) groups is 1. The molecule has 0 aromatic rings. The fourth-order valence-electron chi connectivity index (χ4n) is 1.80. The van der Waals surface area contributed by atoms with Crippen LogP contribution in [0.2, 0.25) is 0 Å². The van der Waals surface area contributed by atoms with E-state index >= 15 is 0 Å². The van der Waals surface area contributed by atoms with E-state index in [2.05, 4.69) is 4.90 Å². The Morgan fingerprint density at radius 1 is 1.29 bits per heavy atom. The first-order valence-electron chi connectivity index (χ1n) is 5.41. The highest BCUT2D eigenvalue weighted by atomic mass is 16.4. The van der Waals surface area contributed by atoms with Gasteiger partial charge in [-0.3, -0.25) is 0 Å². The largest absolute Gasteiger partial charge is 0.478 e. The van der Waals surface area contributed by atoms with Gasteiger partial charge in [0.25, 0.3) is 0 Å². The topological polar surface area (TPSA) is 40.5 Å². The van der Waals surface area contributed by atoms with Gasteiger partial charge in [0.05, 0.1) is 0 Å². The van der Waals surface area contributed by atoms with Gasteiger partial charge in [0, 0.05) is 6.08 Å². The van der Waals surface area contributed by atoms with Crippen LogP contribution in [-0.2, 0) is 4.79 Å². The lowest BCUT2D eigenvalue weighted by Crippen LogP contribution is -2.30. The van der Waals surface area contributed by atoms with Gasteiger partial charge in [-0.15, -0.1) is 0 Å². The summed E-state index contributed by atoms with van der Waals surface area (Å²) in [5.74, 6) is -0.844. The maximum absolute atomic E-state index is 10.2. The third kappa shape index (κ3) is 5.02. The summed E-state index contributed by atoms with van der Waals surface area (Å²) in [6, 6.07) is 0. The molecule has 0 spiro atoms. The van der Waals surface area contributed by atoms with Crippen molar-refractivity contribution >= 4 is 5.97 Å². The molecule has 1 aliphatic rings. The van der Waals surface area contributed by atoms with E-state index in [9.17, 15) is 4.79 Å². The Kier molecular flexibility index (Phi) is 5.30. The van der Waals surface area contributed by atoms with Crippen molar-refractivity contribution in [3.63, 3.8) is 0 Å². The monoisotopic (exact) mass is 197 g/mol. The van der Waals surface area contributed by atoms with Crippen LogP contribution < -0.4 is 0 Å². The molecule has 1 rings (SSSR count). The molecular weight excluding hydrogens is 178 g/mol. The Bertz CT molecular complexity index is 195. The van der Waals surface area contributed by atoms with Crippen LogP contribution in [0.3, 0.4) is 0 Å². The summed E-state index contributed by atoms with van der Waals surface area (Å²) in [6.45, 7) is 3.56. The van der Waals surface area contributed by atoms with Crippen molar-refractivity contribution in [2.24, 2.45) is 0 Å². The van der Waals surface area contributed by atoms with Gasteiger partial charge in [-0.05, 0) is 45.3 Å². The molecule has 1 fully saturated rings. The zero-order chi connectivity index (χ0) is 10.2. The van der Waals surface area contributed by atoms with Gasteiger partial charge in [-0.25, -0.2) is 4.79 Å². The van der Waals surface area contributed by atoms with Crippen LogP contribution in [0.5, 0.6) is 0 Å². The zero-order valence-corrected chi connectivity index (χ0v) is 8.61. The minimum Gasteiger partial charge on any atom is -0.478 e. The van der Waals surface area contributed by atoms with E-state index in [0.717, 1.165) is 19.4 Å². The number of rotatable bonds is 5. The molecule has 0 radical (unpaired) electrons. The molecule has 80 valence electrons. The van der Waals surface area contributed by atoms with Crippen molar-refractivity contribution in [1.29, 1.82) is 0 Å². The number of hydrogen-bond donors (Lipinski definition) is 1. The second-order valence-corrected chi connectivity index (χ2v) is 3.79. The molecule has 0 amide bonds. The van der Waals surface area contributed by atoms with Gasteiger partial charge in [0.2, 0.25) is 0 Å². The van der Waals surface area contributed by atoms with Crippen LogP contribution in [0.15, 0.2) is 12.2 Å². The highest BCUT2D eigenvalue weighted by Gasteiger charge is 2.08. The maximum Gasteiger partial charge on any atom is 0.327 e. The van der Waals surface area contributed by atoms with E-state index in [-0.39, 0.29) is 0 Å². The van der Waals surface area contributed by atoms with Gasteiger partial charge in [0.15, 0.2) is 0 Å². The molecule has 0 unspecified atom stereocenters. The van der Waals surface area contributed by atoms with E-state index in [1.807, 2.05) is 0 Å². The van der Waals surface area contributed by atoms with E-state index in [0.29, 0.717) is 0 Å². The highest BCUT2D eigenvalue weighted by molar-refractivity contribution is 5.79. The van der Waals surface area contributed by atoms with Crippen molar-refractivity contribution in [2.45, 2.75) is 32.1 Å². The van der Waals surface area contributed by atoms with Crippen molar-refractivity contribution < 1.29 is 9.90 Å². The van der Waals surface area contributed by atoms with Crippen LogP contribution >= 0.6 is 0 Å². The number of hydrogen-bond acceptors (Lipinski definition) is 2. The van der Waals surface area contributed by atoms with Crippen molar-refractivity contribution in [1.82, 2.24) is 4.90 Å². The Morgan fingerprint density at radius 2 is 2.00 bits per heavy atom. The molecule has 0 aromatic heterocycles. The number of carboxylic acids is 1. The van der Waals surface area contributed by atoms with E-state index in [4.69, 9.17) is 5.11 Å². The second-order valence-electron chi connectivity index (χ2n) is 3.79. The van der Waals surface area contributed by atoms with E-state index in [1.54, 1.807) is 6.08 Å². The highest BCUT2D eigenvalue weighted by Crippen LogP contribution is 2.09. The summed E-state index contributed by atoms with van der Waals surface area (Å²) in [5.41, 5.74) is 0. The minimum absolute atomic E-state index is 0.844. The minimum atomic E-state index is -0.844. The molecule has 0 aromatic carbocycles. The molecule has 3 heteroatoms. The summed E-state index contributed by atoms with van der Waals surface area (Å²) in [7, 11) is 0. The fourth-order valence-corrected chi connectivity index (χ4v) is 1.80. The Hall–Kier alpha value is -0.830. The Balaban J connectivity index is 2.00. The van der Waals surface area contributed by atoms with Gasteiger partial charge < -0.3 is 10.0 Å². The lowest BCUT2D eigenvalue weighted by Gasteiger charge is -2.25. The zero-order valence-electron chi connectivity index (χ0n) is 8.61. The predicted molar refractivity (Wildman–Crippen MR) is 56.3 cm³/mol. The lowest BCUT2D eigenvalue weighted by atomic mass is 10.1. The van der Waals surface area contributed by atoms with Crippen molar-refractivity contribution in [2.75, 3.05) is 19.6 Å². The number of likely N-dealkylation sites (tertiary alicyclic amines) is 1. The summed E-state index contributed by atoms with van der Waals surface area (Å²) in [4.78, 5) is 12.6. The van der Waals surface area contributed by atoms with E-state index < -0.39 is 5.97 Å². The molecule has 0 bridgehead atoms. The van der Waals surface area contributed by atoms with Crippen LogP contribution in [0.25, 0.3) is 0 Å². The SMILES string of the molecule is O=C(O)/C=C/CCCN1CCCCC1. The average molecular weight is 197 g/mol. The summed E-state index contributed by atoms with van der Waals surface area (Å²) in [5, 5.41) is 8.36. The third-order valence-corrected chi connectivity index (χ3v) is 2.55. The first kappa shape index (κ1) is 11.2. The lowest BCUT2D eigenvalue weighted by molar-refractivity contribution is -0.131. The smallest absolute Gasteiger partial charge is 0.327 e. The maximum atomic E-state index is 10.2. The fraction of sp³-hybridized carbons (Fsp3) is 0.727. The van der Waals surface area contributed by atoms with Crippen LogP contribution in [0, 0.1) is 0 Å². The Labute approximate surface area is 85.4 Å². The normalized spacial score (nSPS) is 18.9. The van der Waals surface area contributed by atoms with Crippen molar-refractivity contribution in [3.8, 4) is 0 Å². The van der Waals surface area contributed by atoms with Crippen molar-refractivity contribution in [3.05, 3.63) is 12.2 Å². The molecule has 1 saturated heterocycles. The summed E-state index contributed by atoms with van der Waals surface area (Å²) < 4.78 is 0. The first-order chi connectivity index (χ1) is 6.79. The Morgan fingerprint density at radius 3 is 2.64 bits per heavy atom. The number of nitrogens with zero attached hydrogens (tertiary/aromatic N) is 1. The quantitative estimate of drug-likeness (QED) is 0.540. The molecule has 14 heavy (non-hydrogen) atoms. The van der Waals surface area contributed by atoms with Crippen LogP contribution in [0.1, 0.15) is 32.1 Å². The van der Waals surface area contributed by atoms with Gasteiger partial charge in [-0.2, -0.15) is 0 Å².